The summed E-state index contributed by atoms with van der Waals surface area (Å²) >= 11 is 0. The van der Waals surface area contributed by atoms with Crippen LogP contribution in [0.15, 0.2) is 48.5 Å². The molecule has 180 valence electrons. The third-order valence-electron chi connectivity index (χ3n) is 7.37. The van der Waals surface area contributed by atoms with Gasteiger partial charge in [-0.3, -0.25) is 4.79 Å². The maximum Gasteiger partial charge on any atom is 0.133 e. The monoisotopic (exact) mass is 450 g/mol. The van der Waals surface area contributed by atoms with Crippen LogP contribution in [0.1, 0.15) is 91.2 Å². The van der Waals surface area contributed by atoms with Gasteiger partial charge < -0.3 is 10.2 Å². The van der Waals surface area contributed by atoms with Gasteiger partial charge in [0.05, 0.1) is 0 Å². The summed E-state index contributed by atoms with van der Waals surface area (Å²) in [5.74, 6) is 2.29. The van der Waals surface area contributed by atoms with Crippen molar-refractivity contribution in [3.05, 3.63) is 59.7 Å². The van der Waals surface area contributed by atoms with Gasteiger partial charge in [-0.15, -0.1) is 0 Å². The van der Waals surface area contributed by atoms with Crippen LogP contribution in [0.25, 0.3) is 0 Å². The van der Waals surface area contributed by atoms with E-state index >= 15 is 0 Å². The minimum Gasteiger partial charge on any atom is -0.508 e. The van der Waals surface area contributed by atoms with Crippen LogP contribution in [0.2, 0.25) is 0 Å². The minimum atomic E-state index is -0.0669. The fourth-order valence-corrected chi connectivity index (χ4v) is 6.82. The van der Waals surface area contributed by atoms with E-state index in [1.54, 1.807) is 24.3 Å². The van der Waals surface area contributed by atoms with Gasteiger partial charge in [0.25, 0.3) is 0 Å². The number of phenolic OH excluding ortho intramolecular Hbond substituents is 2. The minimum absolute atomic E-state index is 0.0669. The van der Waals surface area contributed by atoms with Gasteiger partial charge in [0.15, 0.2) is 0 Å². The zero-order valence-corrected chi connectivity index (χ0v) is 21.3. The molecule has 2 N–H and O–H groups in total. The Bertz CT molecular complexity index is 892. The Morgan fingerprint density at radius 1 is 0.697 bits per heavy atom. The van der Waals surface area contributed by atoms with Crippen LogP contribution in [0, 0.1) is 22.7 Å². The molecule has 3 heteroatoms. The summed E-state index contributed by atoms with van der Waals surface area (Å²) in [7, 11) is 0. The number of Topliss-reactive ketones (excluding diaryl/α,β-unsaturated/α-hetero) is 1. The second-order valence-electron chi connectivity index (χ2n) is 12.4. The highest BCUT2D eigenvalue weighted by Crippen LogP contribution is 2.53. The standard InChI is InChI=1S/C21H26O2.C9H16O/c1-15-12-20(2,3)14-21(13-15,16-4-8-18(22)9-5-16)17-6-10-19(23)11-7-17;1-7-4-8(10)6-9(2,3)5-7/h4-11,15,22-23H,12-14H2,1-3H3;7H,4-6H2,1-3H3. The molecule has 2 aliphatic rings. The molecule has 0 aromatic heterocycles. The fourth-order valence-electron chi connectivity index (χ4n) is 6.82. The maximum absolute atomic E-state index is 11.1. The number of ketones is 1. The fraction of sp³-hybridized carbons (Fsp3) is 0.567. The van der Waals surface area contributed by atoms with Crippen molar-refractivity contribution in [1.29, 1.82) is 0 Å². The number of hydrogen-bond donors (Lipinski definition) is 2. The largest absolute Gasteiger partial charge is 0.508 e. The summed E-state index contributed by atoms with van der Waals surface area (Å²) in [4.78, 5) is 11.1. The van der Waals surface area contributed by atoms with Crippen LogP contribution in [0.3, 0.4) is 0 Å². The summed E-state index contributed by atoms with van der Waals surface area (Å²) in [5, 5.41) is 19.3. The average Bonchev–Trinajstić information content (AvgIpc) is 2.66. The molecule has 0 aliphatic heterocycles. The molecule has 4 rings (SSSR count). The number of carbonyl (C=O) groups is 1. The molecule has 2 saturated carbocycles. The Morgan fingerprint density at radius 2 is 1.15 bits per heavy atom. The first-order valence-corrected chi connectivity index (χ1v) is 12.4. The molecule has 0 bridgehead atoms. The van der Waals surface area contributed by atoms with Crippen molar-refractivity contribution in [2.75, 3.05) is 0 Å². The number of aromatic hydroxyl groups is 2. The molecular weight excluding hydrogens is 408 g/mol. The molecule has 2 atom stereocenters. The summed E-state index contributed by atoms with van der Waals surface area (Å²) < 4.78 is 0. The topological polar surface area (TPSA) is 57.5 Å². The van der Waals surface area contributed by atoms with E-state index in [9.17, 15) is 15.0 Å². The van der Waals surface area contributed by atoms with E-state index in [4.69, 9.17) is 0 Å². The van der Waals surface area contributed by atoms with Crippen molar-refractivity contribution in [3.8, 4) is 11.5 Å². The van der Waals surface area contributed by atoms with Gasteiger partial charge in [-0.2, -0.15) is 0 Å². The van der Waals surface area contributed by atoms with E-state index < -0.39 is 0 Å². The molecule has 2 unspecified atom stereocenters. The van der Waals surface area contributed by atoms with E-state index in [0.29, 0.717) is 29.1 Å². The molecule has 2 aromatic rings. The smallest absolute Gasteiger partial charge is 0.133 e. The van der Waals surface area contributed by atoms with Crippen molar-refractivity contribution in [2.24, 2.45) is 22.7 Å². The van der Waals surface area contributed by atoms with Crippen LogP contribution < -0.4 is 0 Å². The highest BCUT2D eigenvalue weighted by atomic mass is 16.3. The molecule has 33 heavy (non-hydrogen) atoms. The quantitative estimate of drug-likeness (QED) is 0.494. The molecule has 0 saturated heterocycles. The first kappa shape index (κ1) is 25.3. The first-order chi connectivity index (χ1) is 15.3. The van der Waals surface area contributed by atoms with Gasteiger partial charge in [-0.25, -0.2) is 0 Å². The normalized spacial score (nSPS) is 25.6. The first-order valence-electron chi connectivity index (χ1n) is 12.4. The summed E-state index contributed by atoms with van der Waals surface area (Å²) in [6.45, 7) is 13.5. The van der Waals surface area contributed by atoms with Crippen LogP contribution in [0.4, 0.5) is 0 Å². The molecule has 2 aromatic carbocycles. The predicted octanol–water partition coefficient (Wildman–Crippen LogP) is 7.63. The zero-order chi connectivity index (χ0) is 24.4. The molecular formula is C30H42O3. The Hall–Kier alpha value is -2.29. The lowest BCUT2D eigenvalue weighted by Gasteiger charge is -2.48. The predicted molar refractivity (Wildman–Crippen MR) is 136 cm³/mol. The Labute approximate surface area is 200 Å². The number of benzene rings is 2. The molecule has 2 aliphatic carbocycles. The van der Waals surface area contributed by atoms with E-state index in [1.165, 1.54) is 24.0 Å². The Kier molecular flexibility index (Phi) is 7.31. The number of phenols is 2. The molecule has 3 nitrogen and oxygen atoms in total. The van der Waals surface area contributed by atoms with Gasteiger partial charge in [-0.1, -0.05) is 65.8 Å². The lowest BCUT2D eigenvalue weighted by atomic mass is 9.55. The third-order valence-corrected chi connectivity index (χ3v) is 7.37. The summed E-state index contributed by atoms with van der Waals surface area (Å²) in [6, 6.07) is 15.3. The van der Waals surface area contributed by atoms with Gasteiger partial charge in [-0.05, 0) is 83.7 Å². The second kappa shape index (κ2) is 9.52. The zero-order valence-electron chi connectivity index (χ0n) is 21.3. The van der Waals surface area contributed by atoms with Gasteiger partial charge in [0.2, 0.25) is 0 Å². The Balaban J connectivity index is 0.000000257. The average molecular weight is 451 g/mol. The highest BCUT2D eigenvalue weighted by Gasteiger charge is 2.45. The van der Waals surface area contributed by atoms with E-state index in [0.717, 1.165) is 25.7 Å². The second-order valence-corrected chi connectivity index (χ2v) is 12.4. The van der Waals surface area contributed by atoms with E-state index in [2.05, 4.69) is 65.8 Å². The van der Waals surface area contributed by atoms with Crippen LogP contribution in [-0.2, 0) is 10.2 Å². The van der Waals surface area contributed by atoms with E-state index in [1.807, 2.05) is 0 Å². The molecule has 0 heterocycles. The van der Waals surface area contributed by atoms with Crippen molar-refractivity contribution in [1.82, 2.24) is 0 Å². The molecule has 0 radical (unpaired) electrons. The lowest BCUT2D eigenvalue weighted by molar-refractivity contribution is -0.124. The number of hydrogen-bond acceptors (Lipinski definition) is 3. The SMILES string of the molecule is CC1CC(=O)CC(C)(C)C1.CC1CC(C)(C)CC(c2ccc(O)cc2)(c2ccc(O)cc2)C1. The summed E-state index contributed by atoms with van der Waals surface area (Å²) in [6.07, 6.45) is 6.19. The summed E-state index contributed by atoms with van der Waals surface area (Å²) in [5.41, 5.74) is 2.96. The van der Waals surface area contributed by atoms with Crippen molar-refractivity contribution in [3.63, 3.8) is 0 Å². The maximum atomic E-state index is 11.1. The Morgan fingerprint density at radius 3 is 1.55 bits per heavy atom. The van der Waals surface area contributed by atoms with Crippen molar-refractivity contribution in [2.45, 2.75) is 85.5 Å². The van der Waals surface area contributed by atoms with Crippen molar-refractivity contribution < 1.29 is 15.0 Å². The van der Waals surface area contributed by atoms with E-state index in [-0.39, 0.29) is 16.2 Å². The van der Waals surface area contributed by atoms with Gasteiger partial charge in [0.1, 0.15) is 17.3 Å². The van der Waals surface area contributed by atoms with Gasteiger partial charge in [0, 0.05) is 18.3 Å². The lowest BCUT2D eigenvalue weighted by Crippen LogP contribution is -2.41. The molecule has 0 spiro atoms. The van der Waals surface area contributed by atoms with Crippen LogP contribution >= 0.6 is 0 Å². The number of rotatable bonds is 2. The highest BCUT2D eigenvalue weighted by molar-refractivity contribution is 5.80. The number of carbonyl (C=O) groups excluding carboxylic acids is 1. The van der Waals surface area contributed by atoms with Crippen LogP contribution in [-0.4, -0.2) is 16.0 Å². The third kappa shape index (κ3) is 6.40. The van der Waals surface area contributed by atoms with Gasteiger partial charge >= 0.3 is 0 Å². The molecule has 0 amide bonds. The molecule has 2 fully saturated rings. The van der Waals surface area contributed by atoms with Crippen molar-refractivity contribution >= 4 is 5.78 Å². The van der Waals surface area contributed by atoms with Crippen LogP contribution in [0.5, 0.6) is 11.5 Å².